The normalized spacial score (nSPS) is 11.9. The van der Waals surface area contributed by atoms with E-state index >= 15 is 0 Å². The second-order valence-corrected chi connectivity index (χ2v) is 7.62. The fraction of sp³-hybridized carbons (Fsp3) is 0. The molecule has 0 saturated carbocycles. The van der Waals surface area contributed by atoms with Crippen molar-refractivity contribution in [3.8, 4) is 11.7 Å². The third-order valence-corrected chi connectivity index (χ3v) is 6.02. The average Bonchev–Trinajstić information content (AvgIpc) is 3.54. The summed E-state index contributed by atoms with van der Waals surface area (Å²) >= 11 is 0. The SMILES string of the molecule is c1ccc(-n2c3ccccc3c3ccc4c5ccccc5n(-c5nnco5)c4c32)cc1. The second kappa shape index (κ2) is 6.06. The van der Waals surface area contributed by atoms with E-state index < -0.39 is 0 Å². The van der Waals surface area contributed by atoms with E-state index in [-0.39, 0.29) is 0 Å². The van der Waals surface area contributed by atoms with E-state index in [2.05, 4.69) is 98.2 Å². The van der Waals surface area contributed by atoms with Crippen molar-refractivity contribution in [1.82, 2.24) is 19.3 Å². The lowest BCUT2D eigenvalue weighted by Gasteiger charge is -2.10. The van der Waals surface area contributed by atoms with Crippen LogP contribution in [0.3, 0.4) is 0 Å². The Labute approximate surface area is 176 Å². The smallest absolute Gasteiger partial charge is 0.327 e. The topological polar surface area (TPSA) is 48.8 Å². The van der Waals surface area contributed by atoms with Crippen LogP contribution in [0.2, 0.25) is 0 Å². The van der Waals surface area contributed by atoms with E-state index in [0.29, 0.717) is 6.01 Å². The maximum atomic E-state index is 5.69. The molecule has 3 heterocycles. The molecule has 3 aromatic heterocycles. The predicted octanol–water partition coefficient (Wildman–Crippen LogP) is 6.26. The van der Waals surface area contributed by atoms with Gasteiger partial charge in [0.05, 0.1) is 22.1 Å². The maximum Gasteiger partial charge on any atom is 0.327 e. The fourth-order valence-electron chi connectivity index (χ4n) is 4.81. The Morgan fingerprint density at radius 2 is 1.13 bits per heavy atom. The van der Waals surface area contributed by atoms with Crippen LogP contribution in [0.25, 0.3) is 55.3 Å². The lowest BCUT2D eigenvalue weighted by Crippen LogP contribution is -1.98. The molecule has 0 spiro atoms. The van der Waals surface area contributed by atoms with Gasteiger partial charge in [-0.15, -0.1) is 5.10 Å². The Balaban J connectivity index is 1.82. The highest BCUT2D eigenvalue weighted by atomic mass is 16.4. The summed E-state index contributed by atoms with van der Waals surface area (Å²) in [5.74, 6) is 0. The van der Waals surface area contributed by atoms with Crippen molar-refractivity contribution in [3.05, 3.63) is 97.4 Å². The van der Waals surface area contributed by atoms with Gasteiger partial charge in [0.15, 0.2) is 0 Å². The summed E-state index contributed by atoms with van der Waals surface area (Å²) in [6.07, 6.45) is 1.38. The predicted molar refractivity (Wildman–Crippen MR) is 123 cm³/mol. The molecule has 7 aromatic rings. The summed E-state index contributed by atoms with van der Waals surface area (Å²) in [7, 11) is 0. The van der Waals surface area contributed by atoms with Crippen molar-refractivity contribution in [2.75, 3.05) is 0 Å². The van der Waals surface area contributed by atoms with Gasteiger partial charge < -0.3 is 8.98 Å². The molecule has 31 heavy (non-hydrogen) atoms. The first-order valence-electron chi connectivity index (χ1n) is 10.2. The highest BCUT2D eigenvalue weighted by Gasteiger charge is 2.22. The van der Waals surface area contributed by atoms with Gasteiger partial charge in [0.25, 0.3) is 0 Å². The van der Waals surface area contributed by atoms with E-state index in [1.54, 1.807) is 0 Å². The standard InChI is InChI=1S/C26H16N4O/c1-2-8-17(9-3-1)29-22-12-6-4-10-18(22)20-14-15-21-19-11-5-7-13-23(19)30(25(21)24(20)29)26-28-27-16-31-26/h1-16H. The Morgan fingerprint density at radius 1 is 0.548 bits per heavy atom. The van der Waals surface area contributed by atoms with E-state index in [0.717, 1.165) is 33.0 Å². The summed E-state index contributed by atoms with van der Waals surface area (Å²) < 4.78 is 10.1. The second-order valence-electron chi connectivity index (χ2n) is 7.62. The van der Waals surface area contributed by atoms with Gasteiger partial charge in [0, 0.05) is 27.2 Å². The van der Waals surface area contributed by atoms with Gasteiger partial charge in [-0.05, 0) is 24.3 Å². The molecule has 0 radical (unpaired) electrons. The molecule has 0 aliphatic heterocycles. The first kappa shape index (κ1) is 16.4. The van der Waals surface area contributed by atoms with Crippen LogP contribution >= 0.6 is 0 Å². The van der Waals surface area contributed by atoms with E-state index in [9.17, 15) is 0 Å². The van der Waals surface area contributed by atoms with Crippen LogP contribution in [-0.4, -0.2) is 19.3 Å². The van der Waals surface area contributed by atoms with Crippen molar-refractivity contribution in [2.45, 2.75) is 0 Å². The zero-order valence-corrected chi connectivity index (χ0v) is 16.4. The number of aromatic nitrogens is 4. The Morgan fingerprint density at radius 3 is 1.77 bits per heavy atom. The number of para-hydroxylation sites is 3. The molecule has 0 fully saturated rings. The molecule has 0 N–H and O–H groups in total. The van der Waals surface area contributed by atoms with Gasteiger partial charge in [-0.1, -0.05) is 71.8 Å². The molecule has 0 aliphatic rings. The van der Waals surface area contributed by atoms with Crippen LogP contribution in [0, 0.1) is 0 Å². The molecular formula is C26H16N4O. The van der Waals surface area contributed by atoms with Crippen molar-refractivity contribution in [3.63, 3.8) is 0 Å². The molecule has 0 aliphatic carbocycles. The van der Waals surface area contributed by atoms with Gasteiger partial charge in [-0.2, -0.15) is 0 Å². The van der Waals surface area contributed by atoms with Crippen molar-refractivity contribution in [2.24, 2.45) is 0 Å². The molecule has 0 bridgehead atoms. The van der Waals surface area contributed by atoms with Gasteiger partial charge >= 0.3 is 6.01 Å². The molecule has 0 saturated heterocycles. The van der Waals surface area contributed by atoms with Crippen molar-refractivity contribution < 1.29 is 4.42 Å². The van der Waals surface area contributed by atoms with Gasteiger partial charge in [-0.3, -0.25) is 4.57 Å². The summed E-state index contributed by atoms with van der Waals surface area (Å²) in [4.78, 5) is 0. The van der Waals surface area contributed by atoms with E-state index in [4.69, 9.17) is 4.42 Å². The summed E-state index contributed by atoms with van der Waals surface area (Å²) in [5.41, 5.74) is 5.50. The van der Waals surface area contributed by atoms with Crippen LogP contribution in [0.1, 0.15) is 0 Å². The molecular weight excluding hydrogens is 384 g/mol. The first-order valence-corrected chi connectivity index (χ1v) is 10.2. The third-order valence-electron chi connectivity index (χ3n) is 6.02. The highest BCUT2D eigenvalue weighted by Crippen LogP contribution is 2.41. The summed E-state index contributed by atoms with van der Waals surface area (Å²) in [6.45, 7) is 0. The van der Waals surface area contributed by atoms with Crippen LogP contribution < -0.4 is 0 Å². The maximum absolute atomic E-state index is 5.69. The number of rotatable bonds is 2. The van der Waals surface area contributed by atoms with Gasteiger partial charge in [0.1, 0.15) is 0 Å². The van der Waals surface area contributed by atoms with Crippen molar-refractivity contribution in [1.29, 1.82) is 0 Å². The monoisotopic (exact) mass is 400 g/mol. The molecule has 146 valence electrons. The number of hydrogen-bond acceptors (Lipinski definition) is 3. The Bertz CT molecular complexity index is 1720. The van der Waals surface area contributed by atoms with Gasteiger partial charge in [0.2, 0.25) is 6.39 Å². The average molecular weight is 400 g/mol. The van der Waals surface area contributed by atoms with Crippen LogP contribution in [-0.2, 0) is 0 Å². The van der Waals surface area contributed by atoms with E-state index in [1.807, 2.05) is 12.1 Å². The minimum atomic E-state index is 0.462. The molecule has 7 rings (SSSR count). The zero-order chi connectivity index (χ0) is 20.4. The van der Waals surface area contributed by atoms with Gasteiger partial charge in [-0.25, -0.2) is 0 Å². The molecule has 5 nitrogen and oxygen atoms in total. The van der Waals surface area contributed by atoms with Crippen LogP contribution in [0.5, 0.6) is 0 Å². The number of nitrogens with zero attached hydrogens (tertiary/aromatic N) is 4. The molecule has 0 amide bonds. The largest absolute Gasteiger partial charge is 0.410 e. The lowest BCUT2D eigenvalue weighted by molar-refractivity contribution is 0.532. The quantitative estimate of drug-likeness (QED) is 0.344. The Hall–Kier alpha value is -4.38. The number of fused-ring (bicyclic) bond motifs is 7. The summed E-state index contributed by atoms with van der Waals surface area (Å²) in [6, 6.07) is 32.3. The summed E-state index contributed by atoms with van der Waals surface area (Å²) in [5, 5.41) is 12.9. The number of benzene rings is 4. The molecule has 5 heteroatoms. The van der Waals surface area contributed by atoms with Crippen molar-refractivity contribution >= 4 is 43.6 Å². The minimum absolute atomic E-state index is 0.462. The van der Waals surface area contributed by atoms with E-state index in [1.165, 1.54) is 22.7 Å². The zero-order valence-electron chi connectivity index (χ0n) is 16.4. The molecule has 4 aromatic carbocycles. The van der Waals surface area contributed by atoms with Crippen LogP contribution in [0.15, 0.2) is 102 Å². The highest BCUT2D eigenvalue weighted by molar-refractivity contribution is 6.23. The first-order chi connectivity index (χ1) is 15.4. The minimum Gasteiger partial charge on any atom is -0.410 e. The lowest BCUT2D eigenvalue weighted by atomic mass is 10.1. The molecule has 0 unspecified atom stereocenters. The molecule has 0 atom stereocenters. The Kier molecular flexibility index (Phi) is 3.21. The third kappa shape index (κ3) is 2.15. The van der Waals surface area contributed by atoms with Crippen LogP contribution in [0.4, 0.5) is 0 Å². The fourth-order valence-corrected chi connectivity index (χ4v) is 4.81. The number of hydrogen-bond donors (Lipinski definition) is 0.